The highest BCUT2D eigenvalue weighted by molar-refractivity contribution is 5.72. The lowest BCUT2D eigenvalue weighted by Crippen LogP contribution is -2.14. The molecule has 1 aromatic heterocycles. The van der Waals surface area contributed by atoms with Crippen LogP contribution in [0.1, 0.15) is 50.1 Å². The third-order valence-corrected chi connectivity index (χ3v) is 4.45. The number of hydrogen-bond acceptors (Lipinski definition) is 2. The first-order valence-electron chi connectivity index (χ1n) is 7.75. The van der Waals surface area contributed by atoms with Crippen LogP contribution in [0.3, 0.4) is 0 Å². The topological polar surface area (TPSA) is 29.9 Å². The fraction of sp³-hybridized carbons (Fsp3) is 0.500. The number of nitrogens with zero attached hydrogens (tertiary/aromatic N) is 2. The van der Waals surface area contributed by atoms with E-state index < -0.39 is 0 Å². The largest absolute Gasteiger partial charge is 0.313 e. The first-order chi connectivity index (χ1) is 9.91. The maximum absolute atomic E-state index is 4.72. The minimum absolute atomic E-state index is 0.0559. The fourth-order valence-electron chi connectivity index (χ4n) is 3.45. The third-order valence-electron chi connectivity index (χ3n) is 4.45. The van der Waals surface area contributed by atoms with E-state index in [2.05, 4.69) is 57.5 Å². The van der Waals surface area contributed by atoms with Crippen LogP contribution >= 0.6 is 0 Å². The maximum atomic E-state index is 4.72. The van der Waals surface area contributed by atoms with Gasteiger partial charge in [0.15, 0.2) is 0 Å². The van der Waals surface area contributed by atoms with Crippen molar-refractivity contribution in [1.29, 1.82) is 0 Å². The van der Waals surface area contributed by atoms with Gasteiger partial charge in [-0.2, -0.15) is 5.10 Å². The molecule has 1 aliphatic carbocycles. The van der Waals surface area contributed by atoms with Crippen molar-refractivity contribution >= 4 is 0 Å². The SMILES string of the molecule is CNC1CCc2c(-c3cn(C)nc3C(C)(C)C)cccc21. The van der Waals surface area contributed by atoms with Crippen molar-refractivity contribution in [2.24, 2.45) is 7.05 Å². The number of fused-ring (bicyclic) bond motifs is 1. The molecular weight excluding hydrogens is 258 g/mol. The van der Waals surface area contributed by atoms with Gasteiger partial charge in [-0.25, -0.2) is 0 Å². The zero-order valence-corrected chi connectivity index (χ0v) is 13.7. The zero-order valence-electron chi connectivity index (χ0n) is 13.7. The molecule has 0 saturated carbocycles. The second-order valence-corrected chi connectivity index (χ2v) is 7.07. The normalized spacial score (nSPS) is 18.0. The quantitative estimate of drug-likeness (QED) is 0.913. The summed E-state index contributed by atoms with van der Waals surface area (Å²) in [4.78, 5) is 0. The highest BCUT2D eigenvalue weighted by Crippen LogP contribution is 2.40. The lowest BCUT2D eigenvalue weighted by Gasteiger charge is -2.19. The molecule has 1 N–H and O–H groups in total. The molecule has 0 saturated heterocycles. The summed E-state index contributed by atoms with van der Waals surface area (Å²) in [6.45, 7) is 6.70. The van der Waals surface area contributed by atoms with Gasteiger partial charge in [-0.1, -0.05) is 39.0 Å². The van der Waals surface area contributed by atoms with Crippen molar-refractivity contribution < 1.29 is 0 Å². The molecule has 1 unspecified atom stereocenters. The number of hydrogen-bond donors (Lipinski definition) is 1. The first-order valence-corrected chi connectivity index (χ1v) is 7.75. The predicted molar refractivity (Wildman–Crippen MR) is 87.5 cm³/mol. The van der Waals surface area contributed by atoms with Crippen molar-refractivity contribution in [2.45, 2.75) is 45.1 Å². The summed E-state index contributed by atoms with van der Waals surface area (Å²) in [6.07, 6.45) is 4.51. The highest BCUT2D eigenvalue weighted by Gasteiger charge is 2.28. The average Bonchev–Trinajstić information content (AvgIpc) is 3.00. The van der Waals surface area contributed by atoms with Crippen molar-refractivity contribution in [2.75, 3.05) is 7.05 Å². The van der Waals surface area contributed by atoms with E-state index in [0.29, 0.717) is 6.04 Å². The van der Waals surface area contributed by atoms with Gasteiger partial charge in [-0.3, -0.25) is 4.68 Å². The van der Waals surface area contributed by atoms with Crippen molar-refractivity contribution in [3.63, 3.8) is 0 Å². The number of rotatable bonds is 2. The van der Waals surface area contributed by atoms with Crippen molar-refractivity contribution in [1.82, 2.24) is 15.1 Å². The van der Waals surface area contributed by atoms with Crippen LogP contribution in [-0.2, 0) is 18.9 Å². The molecule has 0 bridgehead atoms. The van der Waals surface area contributed by atoms with Gasteiger partial charge in [0.2, 0.25) is 0 Å². The Hall–Kier alpha value is -1.61. The van der Waals surface area contributed by atoms with E-state index in [-0.39, 0.29) is 5.41 Å². The molecule has 1 aliphatic rings. The van der Waals surface area contributed by atoms with Crippen LogP contribution in [0.25, 0.3) is 11.1 Å². The third kappa shape index (κ3) is 2.40. The molecule has 0 spiro atoms. The fourth-order valence-corrected chi connectivity index (χ4v) is 3.45. The van der Waals surface area contributed by atoms with Crippen LogP contribution in [0, 0.1) is 0 Å². The van der Waals surface area contributed by atoms with Crippen LogP contribution in [0.4, 0.5) is 0 Å². The maximum Gasteiger partial charge on any atom is 0.0756 e. The lowest BCUT2D eigenvalue weighted by atomic mass is 9.86. The number of aryl methyl sites for hydroxylation is 1. The lowest BCUT2D eigenvalue weighted by molar-refractivity contribution is 0.554. The predicted octanol–water partition coefficient (Wildman–Crippen LogP) is 3.59. The Morgan fingerprint density at radius 1 is 1.24 bits per heavy atom. The molecule has 112 valence electrons. The van der Waals surface area contributed by atoms with E-state index in [1.807, 2.05) is 11.7 Å². The molecular formula is C18H25N3. The molecule has 3 rings (SSSR count). The van der Waals surface area contributed by atoms with E-state index in [9.17, 15) is 0 Å². The molecule has 0 amide bonds. The van der Waals surface area contributed by atoms with Crippen LogP contribution in [0.5, 0.6) is 0 Å². The Morgan fingerprint density at radius 2 is 2.00 bits per heavy atom. The second-order valence-electron chi connectivity index (χ2n) is 7.07. The van der Waals surface area contributed by atoms with Crippen molar-refractivity contribution in [3.8, 4) is 11.1 Å². The molecule has 2 aromatic rings. The van der Waals surface area contributed by atoms with Crippen LogP contribution in [0.2, 0.25) is 0 Å². The smallest absolute Gasteiger partial charge is 0.0756 e. The summed E-state index contributed by atoms with van der Waals surface area (Å²) in [5, 5.41) is 8.15. The molecule has 1 atom stereocenters. The minimum Gasteiger partial charge on any atom is -0.313 e. The van der Waals surface area contributed by atoms with Crippen LogP contribution < -0.4 is 5.32 Å². The molecule has 21 heavy (non-hydrogen) atoms. The summed E-state index contributed by atoms with van der Waals surface area (Å²) in [5.41, 5.74) is 6.85. The standard InChI is InChI=1S/C18H25N3/c1-18(2,3)17-15(11-21(5)20-17)12-7-6-8-14-13(12)9-10-16(14)19-4/h6-8,11,16,19H,9-10H2,1-5H3. The summed E-state index contributed by atoms with van der Waals surface area (Å²) in [5.74, 6) is 0. The zero-order chi connectivity index (χ0) is 15.2. The van der Waals surface area contributed by atoms with Gasteiger partial charge in [0.25, 0.3) is 0 Å². The van der Waals surface area contributed by atoms with Gasteiger partial charge >= 0.3 is 0 Å². The summed E-state index contributed by atoms with van der Waals surface area (Å²) in [6, 6.07) is 7.20. The molecule has 3 nitrogen and oxygen atoms in total. The molecule has 0 fully saturated rings. The van der Waals surface area contributed by atoms with Gasteiger partial charge in [0.05, 0.1) is 5.69 Å². The molecule has 0 aliphatic heterocycles. The van der Waals surface area contributed by atoms with Gasteiger partial charge in [-0.05, 0) is 36.6 Å². The van der Waals surface area contributed by atoms with Gasteiger partial charge < -0.3 is 5.32 Å². The molecule has 1 aromatic carbocycles. The van der Waals surface area contributed by atoms with Gasteiger partial charge in [0, 0.05) is 30.3 Å². The van der Waals surface area contributed by atoms with E-state index in [1.54, 1.807) is 0 Å². The van der Waals surface area contributed by atoms with E-state index >= 15 is 0 Å². The Morgan fingerprint density at radius 3 is 2.67 bits per heavy atom. The first kappa shape index (κ1) is 14.3. The van der Waals surface area contributed by atoms with Crippen molar-refractivity contribution in [3.05, 3.63) is 41.2 Å². The van der Waals surface area contributed by atoms with Crippen LogP contribution in [-0.4, -0.2) is 16.8 Å². The van der Waals surface area contributed by atoms with Gasteiger partial charge in [-0.15, -0.1) is 0 Å². The minimum atomic E-state index is 0.0559. The number of nitrogens with one attached hydrogen (secondary N) is 1. The van der Waals surface area contributed by atoms with Gasteiger partial charge in [0.1, 0.15) is 0 Å². The highest BCUT2D eigenvalue weighted by atomic mass is 15.3. The van der Waals surface area contributed by atoms with E-state index in [4.69, 9.17) is 5.10 Å². The summed E-state index contributed by atoms with van der Waals surface area (Å²) < 4.78 is 1.94. The molecule has 3 heteroatoms. The number of benzene rings is 1. The monoisotopic (exact) mass is 283 g/mol. The molecule has 1 heterocycles. The Labute approximate surface area is 127 Å². The summed E-state index contributed by atoms with van der Waals surface area (Å²) in [7, 11) is 4.06. The number of aromatic nitrogens is 2. The Balaban J connectivity index is 2.18. The van der Waals surface area contributed by atoms with E-state index in [0.717, 1.165) is 6.42 Å². The van der Waals surface area contributed by atoms with E-state index in [1.165, 1.54) is 34.4 Å². The average molecular weight is 283 g/mol. The Bertz CT molecular complexity index is 662. The second kappa shape index (κ2) is 4.99. The molecule has 0 radical (unpaired) electrons. The Kier molecular flexibility index (Phi) is 3.40. The summed E-state index contributed by atoms with van der Waals surface area (Å²) >= 11 is 0. The van der Waals surface area contributed by atoms with Crippen LogP contribution in [0.15, 0.2) is 24.4 Å².